The monoisotopic (exact) mass is 719 g/mol. The highest BCUT2D eigenvalue weighted by Gasteiger charge is 2.47. The number of phenolic OH excluding ortho intramolecular Hbond substituents is 1. The second-order valence-corrected chi connectivity index (χ2v) is 21.3. The van der Waals surface area contributed by atoms with Crippen LogP contribution in [0.2, 0.25) is 18.1 Å². The van der Waals surface area contributed by atoms with E-state index in [0.717, 1.165) is 37.0 Å². The fourth-order valence-corrected chi connectivity index (χ4v) is 8.58. The molecule has 4 aromatic rings. The SMILES string of the molecule is CC(C)(C)[Si](C)(C)Oc1ccccc1-c1sc2cc(S(=O)(=O)C(F)(F)F)cc(O)c2c1C(=O)c1ccc(OCCN2CCCCC2)cc1. The van der Waals surface area contributed by atoms with Gasteiger partial charge >= 0.3 is 5.51 Å². The Balaban J connectivity index is 1.59. The number of carbonyl (C=O) groups is 1. The lowest BCUT2D eigenvalue weighted by atomic mass is 9.97. The Kier molecular flexibility index (Phi) is 10.1. The molecule has 0 aliphatic carbocycles. The van der Waals surface area contributed by atoms with Crippen molar-refractivity contribution in [3.63, 3.8) is 0 Å². The van der Waals surface area contributed by atoms with E-state index in [4.69, 9.17) is 9.16 Å². The number of carbonyl (C=O) groups excluding carboxylic acids is 1. The summed E-state index contributed by atoms with van der Waals surface area (Å²) in [6, 6.07) is 15.0. The molecule has 258 valence electrons. The first kappa shape index (κ1) is 35.9. The number of piperidine rings is 1. The molecule has 0 bridgehead atoms. The van der Waals surface area contributed by atoms with Gasteiger partial charge in [-0.2, -0.15) is 13.2 Å². The Morgan fingerprint density at radius 1 is 0.979 bits per heavy atom. The predicted molar refractivity (Wildman–Crippen MR) is 186 cm³/mol. The molecule has 3 aromatic carbocycles. The van der Waals surface area contributed by atoms with Crippen LogP contribution in [0.5, 0.6) is 17.2 Å². The fourth-order valence-electron chi connectivity index (χ4n) is 5.37. The number of thiophene rings is 1. The third-order valence-corrected chi connectivity index (χ3v) is 16.1. The van der Waals surface area contributed by atoms with Crippen molar-refractivity contribution < 1.29 is 40.7 Å². The van der Waals surface area contributed by atoms with Crippen LogP contribution < -0.4 is 9.16 Å². The number of nitrogens with zero attached hydrogens (tertiary/aromatic N) is 1. The Morgan fingerprint density at radius 3 is 2.25 bits per heavy atom. The highest BCUT2D eigenvalue weighted by atomic mass is 32.2. The van der Waals surface area contributed by atoms with Gasteiger partial charge < -0.3 is 14.3 Å². The summed E-state index contributed by atoms with van der Waals surface area (Å²) >= 11 is 0.924. The number of fused-ring (bicyclic) bond motifs is 1. The molecule has 0 saturated carbocycles. The number of alkyl halides is 3. The molecule has 0 unspecified atom stereocenters. The first-order valence-corrected chi connectivity index (χ1v) is 21.0. The molecule has 1 aliphatic heterocycles. The van der Waals surface area contributed by atoms with Gasteiger partial charge in [0.2, 0.25) is 0 Å². The Morgan fingerprint density at radius 2 is 1.62 bits per heavy atom. The van der Waals surface area contributed by atoms with Crippen LogP contribution in [0.15, 0.2) is 65.6 Å². The minimum atomic E-state index is -5.77. The minimum Gasteiger partial charge on any atom is -0.543 e. The number of benzene rings is 3. The van der Waals surface area contributed by atoms with Crippen molar-refractivity contribution in [1.29, 1.82) is 0 Å². The molecule has 1 saturated heterocycles. The molecule has 7 nitrogen and oxygen atoms in total. The molecule has 0 atom stereocenters. The molecule has 1 aliphatic rings. The molecule has 48 heavy (non-hydrogen) atoms. The van der Waals surface area contributed by atoms with Crippen LogP contribution in [0.3, 0.4) is 0 Å². The van der Waals surface area contributed by atoms with Crippen molar-refractivity contribution in [3.05, 3.63) is 71.8 Å². The molecule has 1 aromatic heterocycles. The fraction of sp³-hybridized carbons (Fsp3) is 0.400. The maximum atomic E-state index is 14.3. The zero-order valence-electron chi connectivity index (χ0n) is 27.6. The lowest BCUT2D eigenvalue weighted by Crippen LogP contribution is -2.44. The molecule has 2 heterocycles. The number of rotatable bonds is 10. The predicted octanol–water partition coefficient (Wildman–Crippen LogP) is 9.05. The normalized spacial score (nSPS) is 15.1. The molecular formula is C35H40F3NO6S2Si. The molecule has 13 heteroatoms. The van der Waals surface area contributed by atoms with Crippen molar-refractivity contribution in [1.82, 2.24) is 4.90 Å². The average Bonchev–Trinajstić information content (AvgIpc) is 3.40. The van der Waals surface area contributed by atoms with E-state index in [1.807, 2.05) is 0 Å². The van der Waals surface area contributed by atoms with E-state index in [9.17, 15) is 31.5 Å². The van der Waals surface area contributed by atoms with Crippen molar-refractivity contribution in [3.8, 4) is 27.7 Å². The van der Waals surface area contributed by atoms with Crippen molar-refractivity contribution >= 4 is 45.4 Å². The number of para-hydroxylation sites is 1. The van der Waals surface area contributed by atoms with Crippen LogP contribution in [-0.2, 0) is 9.84 Å². The van der Waals surface area contributed by atoms with Gasteiger partial charge in [-0.05, 0) is 92.6 Å². The number of phenols is 1. The van der Waals surface area contributed by atoms with Crippen LogP contribution in [-0.4, -0.2) is 64.3 Å². The van der Waals surface area contributed by atoms with Gasteiger partial charge in [0.25, 0.3) is 18.2 Å². The maximum absolute atomic E-state index is 14.3. The zero-order valence-corrected chi connectivity index (χ0v) is 30.2. The number of hydrogen-bond acceptors (Lipinski definition) is 8. The first-order valence-electron chi connectivity index (χ1n) is 15.8. The quantitative estimate of drug-likeness (QED) is 0.129. The summed E-state index contributed by atoms with van der Waals surface area (Å²) < 4.78 is 77.8. The van der Waals surface area contributed by atoms with Crippen molar-refractivity contribution in [2.45, 2.75) is 68.6 Å². The Bertz CT molecular complexity index is 1910. The average molecular weight is 720 g/mol. The van der Waals surface area contributed by atoms with Crippen LogP contribution in [0, 0.1) is 0 Å². The first-order chi connectivity index (χ1) is 22.4. The number of hydrogen-bond donors (Lipinski definition) is 1. The highest BCUT2D eigenvalue weighted by molar-refractivity contribution is 7.92. The van der Waals surface area contributed by atoms with Crippen molar-refractivity contribution in [2.75, 3.05) is 26.2 Å². The van der Waals surface area contributed by atoms with Crippen LogP contribution >= 0.6 is 11.3 Å². The Hall–Kier alpha value is -3.39. The van der Waals surface area contributed by atoms with Gasteiger partial charge in [0.1, 0.15) is 23.9 Å². The van der Waals surface area contributed by atoms with Gasteiger partial charge in [-0.15, -0.1) is 11.3 Å². The summed E-state index contributed by atoms with van der Waals surface area (Å²) in [6.45, 7) is 13.8. The lowest BCUT2D eigenvalue weighted by molar-refractivity contribution is -0.0436. The van der Waals surface area contributed by atoms with Gasteiger partial charge in [0.15, 0.2) is 5.78 Å². The lowest BCUT2D eigenvalue weighted by Gasteiger charge is -2.37. The standard InChI is InChI=1S/C35H40F3NO6S2Si/c1-34(2,3)48(4,5)45-28-12-8-7-11-26(28)33-31(30-27(40)21-25(22-29(30)46-33)47(42,43)35(36,37)38)32(41)23-13-15-24(16-14-23)44-20-19-39-17-9-6-10-18-39/h7-8,11-16,21-22,40H,6,9-10,17-20H2,1-5H3. The molecule has 1 N–H and O–H groups in total. The van der Waals surface area contributed by atoms with E-state index in [-0.39, 0.29) is 26.3 Å². The third kappa shape index (κ3) is 7.29. The van der Waals surface area contributed by atoms with Gasteiger partial charge in [0.05, 0.1) is 15.3 Å². The van der Waals surface area contributed by atoms with Gasteiger partial charge in [0, 0.05) is 27.8 Å². The van der Waals surface area contributed by atoms with E-state index in [2.05, 4.69) is 38.8 Å². The molecule has 5 rings (SSSR count). The number of sulfone groups is 1. The van der Waals surface area contributed by atoms with Gasteiger partial charge in [-0.25, -0.2) is 8.42 Å². The number of ether oxygens (including phenoxy) is 1. The molecule has 0 radical (unpaired) electrons. The topological polar surface area (TPSA) is 93.1 Å². The summed E-state index contributed by atoms with van der Waals surface area (Å²) in [5, 5.41) is 10.9. The van der Waals surface area contributed by atoms with E-state index < -0.39 is 40.1 Å². The van der Waals surface area contributed by atoms with Crippen LogP contribution in [0.4, 0.5) is 13.2 Å². The van der Waals surface area contributed by atoms with Crippen molar-refractivity contribution in [2.24, 2.45) is 0 Å². The zero-order chi connectivity index (χ0) is 35.1. The summed E-state index contributed by atoms with van der Waals surface area (Å²) in [7, 11) is -8.18. The number of ketones is 1. The van der Waals surface area contributed by atoms with E-state index in [1.165, 1.54) is 19.3 Å². The highest BCUT2D eigenvalue weighted by Crippen LogP contribution is 2.49. The van der Waals surface area contributed by atoms with Crippen LogP contribution in [0.1, 0.15) is 56.0 Å². The summed E-state index contributed by atoms with van der Waals surface area (Å²) in [5.41, 5.74) is -4.78. The smallest absolute Gasteiger partial charge is 0.501 e. The summed E-state index contributed by atoms with van der Waals surface area (Å²) in [6.07, 6.45) is 3.60. The maximum Gasteiger partial charge on any atom is 0.501 e. The van der Waals surface area contributed by atoms with Gasteiger partial charge in [-0.1, -0.05) is 39.3 Å². The van der Waals surface area contributed by atoms with E-state index in [1.54, 1.807) is 48.5 Å². The second-order valence-electron chi connectivity index (χ2n) is 13.5. The number of halogens is 3. The molecule has 0 amide bonds. The summed E-state index contributed by atoms with van der Waals surface area (Å²) in [4.78, 5) is 15.9. The van der Waals surface area contributed by atoms with Crippen LogP contribution in [0.25, 0.3) is 20.5 Å². The summed E-state index contributed by atoms with van der Waals surface area (Å²) in [5.74, 6) is -0.191. The molecular weight excluding hydrogens is 680 g/mol. The largest absolute Gasteiger partial charge is 0.543 e. The second kappa shape index (κ2) is 13.5. The third-order valence-electron chi connectivity index (χ3n) is 9.13. The number of aromatic hydroxyl groups is 1. The molecule has 0 spiro atoms. The number of likely N-dealkylation sites (tertiary alicyclic amines) is 1. The van der Waals surface area contributed by atoms with E-state index >= 15 is 0 Å². The van der Waals surface area contributed by atoms with E-state index in [0.29, 0.717) is 34.6 Å². The van der Waals surface area contributed by atoms with Gasteiger partial charge in [-0.3, -0.25) is 9.69 Å². The minimum absolute atomic E-state index is 0.0102. The Labute approximate surface area is 284 Å². The molecule has 1 fully saturated rings.